The number of hydrogen-bond acceptors (Lipinski definition) is 2. The summed E-state index contributed by atoms with van der Waals surface area (Å²) < 4.78 is 25.6. The Morgan fingerprint density at radius 1 is 1.29 bits per heavy atom. The van der Waals surface area contributed by atoms with E-state index >= 15 is 0 Å². The second-order valence-corrected chi connectivity index (χ2v) is 2.46. The molecule has 0 saturated carbocycles. The molecular weight excluding hydrogens is 194 g/mol. The maximum atomic E-state index is 12.9. The largest absolute Gasteiger partial charge is 0.504 e. The van der Waals surface area contributed by atoms with Gasteiger partial charge >= 0.3 is 5.97 Å². The highest BCUT2D eigenvalue weighted by atomic mass is 19.1. The predicted molar refractivity (Wildman–Crippen MR) is 44.7 cm³/mol. The van der Waals surface area contributed by atoms with E-state index in [9.17, 15) is 13.6 Å². The normalized spacial score (nSPS) is 10.7. The number of aromatic hydroxyl groups is 1. The Hall–Kier alpha value is -1.91. The highest BCUT2D eigenvalue weighted by molar-refractivity contribution is 5.85. The van der Waals surface area contributed by atoms with Crippen LogP contribution >= 0.6 is 0 Å². The minimum Gasteiger partial charge on any atom is -0.504 e. The van der Waals surface area contributed by atoms with Crippen molar-refractivity contribution in [2.24, 2.45) is 0 Å². The van der Waals surface area contributed by atoms with Crippen LogP contribution in [0.3, 0.4) is 0 Å². The smallest absolute Gasteiger partial charge is 0.328 e. The number of carboxylic acids is 1. The van der Waals surface area contributed by atoms with E-state index in [-0.39, 0.29) is 0 Å². The van der Waals surface area contributed by atoms with Gasteiger partial charge in [0.1, 0.15) is 5.82 Å². The zero-order chi connectivity index (χ0) is 10.7. The van der Waals surface area contributed by atoms with Gasteiger partial charge in [-0.15, -0.1) is 0 Å². The summed E-state index contributed by atoms with van der Waals surface area (Å²) in [4.78, 5) is 10.1. The van der Waals surface area contributed by atoms with Crippen molar-refractivity contribution in [3.8, 4) is 5.75 Å². The van der Waals surface area contributed by atoms with E-state index in [4.69, 9.17) is 10.2 Å². The van der Waals surface area contributed by atoms with E-state index in [0.717, 1.165) is 18.2 Å². The lowest BCUT2D eigenvalue weighted by atomic mass is 10.1. The molecule has 0 amide bonds. The second-order valence-electron chi connectivity index (χ2n) is 2.46. The molecule has 5 heteroatoms. The van der Waals surface area contributed by atoms with Crippen LogP contribution in [-0.2, 0) is 4.79 Å². The summed E-state index contributed by atoms with van der Waals surface area (Å²) in [5.41, 5.74) is -0.479. The third-order valence-electron chi connectivity index (χ3n) is 1.51. The lowest BCUT2D eigenvalue weighted by Gasteiger charge is -2.00. The maximum absolute atomic E-state index is 12.9. The van der Waals surface area contributed by atoms with E-state index in [1.165, 1.54) is 0 Å². The molecule has 2 N–H and O–H groups in total. The summed E-state index contributed by atoms with van der Waals surface area (Å²) >= 11 is 0. The average Bonchev–Trinajstić information content (AvgIpc) is 2.11. The third kappa shape index (κ3) is 2.07. The SMILES string of the molecule is O=C(O)/C=C/c1c(F)ccc(F)c1O. The standard InChI is InChI=1S/C9H6F2O3/c10-6-2-3-7(11)9(14)5(6)1-4-8(12)13/h1-4,14H,(H,12,13)/b4-1+. The molecule has 0 fully saturated rings. The van der Waals surface area contributed by atoms with Crippen LogP contribution in [0.25, 0.3) is 6.08 Å². The molecular formula is C9H6F2O3. The van der Waals surface area contributed by atoms with Crippen molar-refractivity contribution in [3.05, 3.63) is 35.4 Å². The number of benzene rings is 1. The molecule has 0 aliphatic carbocycles. The fourth-order valence-corrected chi connectivity index (χ4v) is 0.870. The van der Waals surface area contributed by atoms with Crippen LogP contribution in [0.15, 0.2) is 18.2 Å². The Balaban J connectivity index is 3.19. The number of carbonyl (C=O) groups is 1. The summed E-state index contributed by atoms with van der Waals surface area (Å²) in [5.74, 6) is -4.10. The van der Waals surface area contributed by atoms with Gasteiger partial charge in [-0.2, -0.15) is 0 Å². The Labute approximate surface area is 77.9 Å². The first-order valence-electron chi connectivity index (χ1n) is 3.60. The van der Waals surface area contributed by atoms with E-state index in [1.54, 1.807) is 0 Å². The van der Waals surface area contributed by atoms with Crippen molar-refractivity contribution in [2.75, 3.05) is 0 Å². The van der Waals surface area contributed by atoms with E-state index < -0.39 is 28.9 Å². The molecule has 0 bridgehead atoms. The van der Waals surface area contributed by atoms with Crippen molar-refractivity contribution in [2.45, 2.75) is 0 Å². The van der Waals surface area contributed by atoms with Crippen LogP contribution in [0.5, 0.6) is 5.75 Å². The van der Waals surface area contributed by atoms with Gasteiger partial charge in [0, 0.05) is 6.08 Å². The van der Waals surface area contributed by atoms with Gasteiger partial charge in [-0.05, 0) is 18.2 Å². The Bertz CT molecular complexity index is 399. The first kappa shape index (κ1) is 10.2. The predicted octanol–water partition coefficient (Wildman–Crippen LogP) is 1.77. The monoisotopic (exact) mass is 200 g/mol. The van der Waals surface area contributed by atoms with Gasteiger partial charge < -0.3 is 10.2 Å². The lowest BCUT2D eigenvalue weighted by Crippen LogP contribution is -1.90. The highest BCUT2D eigenvalue weighted by Gasteiger charge is 2.09. The van der Waals surface area contributed by atoms with Crippen molar-refractivity contribution in [3.63, 3.8) is 0 Å². The molecule has 0 aromatic heterocycles. The van der Waals surface area contributed by atoms with Gasteiger partial charge in [0.15, 0.2) is 11.6 Å². The third-order valence-corrected chi connectivity index (χ3v) is 1.51. The summed E-state index contributed by atoms with van der Waals surface area (Å²) in [6.45, 7) is 0. The van der Waals surface area contributed by atoms with Crippen molar-refractivity contribution in [1.29, 1.82) is 0 Å². The quantitative estimate of drug-likeness (QED) is 0.715. The Morgan fingerprint density at radius 2 is 1.86 bits per heavy atom. The minimum absolute atomic E-state index is 0.479. The first-order chi connectivity index (χ1) is 6.52. The van der Waals surface area contributed by atoms with Crippen LogP contribution in [0.4, 0.5) is 8.78 Å². The van der Waals surface area contributed by atoms with Gasteiger partial charge in [0.25, 0.3) is 0 Å². The number of carboxylic acid groups (broad SMARTS) is 1. The molecule has 3 nitrogen and oxygen atoms in total. The summed E-state index contributed by atoms with van der Waals surface area (Å²) in [6.07, 6.45) is 1.40. The lowest BCUT2D eigenvalue weighted by molar-refractivity contribution is -0.131. The molecule has 0 aliphatic rings. The van der Waals surface area contributed by atoms with Gasteiger partial charge in [-0.1, -0.05) is 0 Å². The molecule has 0 aliphatic heterocycles. The van der Waals surface area contributed by atoms with Gasteiger partial charge in [-0.3, -0.25) is 0 Å². The number of rotatable bonds is 2. The van der Waals surface area contributed by atoms with Crippen LogP contribution in [0, 0.1) is 11.6 Å². The van der Waals surface area contributed by atoms with Crippen molar-refractivity contribution < 1.29 is 23.8 Å². The highest BCUT2D eigenvalue weighted by Crippen LogP contribution is 2.24. The minimum atomic E-state index is -1.31. The molecule has 1 aromatic rings. The van der Waals surface area contributed by atoms with Gasteiger partial charge in [-0.25, -0.2) is 13.6 Å². The second kappa shape index (κ2) is 3.87. The van der Waals surface area contributed by atoms with Crippen molar-refractivity contribution in [1.82, 2.24) is 0 Å². The molecule has 0 atom stereocenters. The van der Waals surface area contributed by atoms with Gasteiger partial charge in [0.2, 0.25) is 0 Å². The zero-order valence-electron chi connectivity index (χ0n) is 6.87. The Kier molecular flexibility index (Phi) is 2.81. The summed E-state index contributed by atoms with van der Waals surface area (Å²) in [5, 5.41) is 17.3. The fourth-order valence-electron chi connectivity index (χ4n) is 0.870. The molecule has 0 heterocycles. The Morgan fingerprint density at radius 3 is 2.43 bits per heavy atom. The molecule has 0 spiro atoms. The average molecular weight is 200 g/mol. The molecule has 74 valence electrons. The molecule has 1 aromatic carbocycles. The maximum Gasteiger partial charge on any atom is 0.328 e. The first-order valence-corrected chi connectivity index (χ1v) is 3.60. The number of hydrogen-bond donors (Lipinski definition) is 2. The summed E-state index contributed by atoms with van der Waals surface area (Å²) in [7, 11) is 0. The number of aliphatic carboxylic acids is 1. The van der Waals surface area contributed by atoms with Crippen molar-refractivity contribution >= 4 is 12.0 Å². The molecule has 0 radical (unpaired) electrons. The van der Waals surface area contributed by atoms with Crippen LogP contribution < -0.4 is 0 Å². The van der Waals surface area contributed by atoms with Crippen LogP contribution in [0.2, 0.25) is 0 Å². The number of phenolic OH excluding ortho intramolecular Hbond substituents is 1. The molecule has 0 saturated heterocycles. The van der Waals surface area contributed by atoms with E-state index in [1.807, 2.05) is 0 Å². The number of halogens is 2. The zero-order valence-corrected chi connectivity index (χ0v) is 6.87. The topological polar surface area (TPSA) is 57.5 Å². The molecule has 14 heavy (non-hydrogen) atoms. The summed E-state index contributed by atoms with van der Waals surface area (Å²) in [6, 6.07) is 1.55. The molecule has 0 unspecified atom stereocenters. The van der Waals surface area contributed by atoms with Crippen LogP contribution in [-0.4, -0.2) is 16.2 Å². The molecule has 1 rings (SSSR count). The number of phenols is 1. The van der Waals surface area contributed by atoms with Gasteiger partial charge in [0.05, 0.1) is 5.56 Å². The van der Waals surface area contributed by atoms with Crippen LogP contribution in [0.1, 0.15) is 5.56 Å². The fraction of sp³-hybridized carbons (Fsp3) is 0. The van der Waals surface area contributed by atoms with E-state index in [0.29, 0.717) is 6.08 Å². The van der Waals surface area contributed by atoms with E-state index in [2.05, 4.69) is 0 Å².